The molecule has 2 aromatic rings. The third kappa shape index (κ3) is 1.05. The zero-order valence-electron chi connectivity index (χ0n) is 8.57. The molecule has 0 unspecified atom stereocenters. The number of nitrogens with two attached hydrogens (primary N) is 1. The first-order valence-corrected chi connectivity index (χ1v) is 5.00. The van der Waals surface area contributed by atoms with E-state index >= 15 is 0 Å². The van der Waals surface area contributed by atoms with E-state index in [0.29, 0.717) is 0 Å². The Kier molecular flexibility index (Phi) is 1.54. The number of benzene rings is 2. The zero-order chi connectivity index (χ0) is 10.4. The molecule has 3 rings (SSSR count). The second kappa shape index (κ2) is 2.76. The van der Waals surface area contributed by atoms with E-state index in [2.05, 4.69) is 36.4 Å². The van der Waals surface area contributed by atoms with Gasteiger partial charge in [-0.25, -0.2) is 0 Å². The third-order valence-electron chi connectivity index (χ3n) is 2.97. The van der Waals surface area contributed by atoms with Gasteiger partial charge in [-0.15, -0.1) is 0 Å². The molecule has 2 heteroatoms. The van der Waals surface area contributed by atoms with Crippen LogP contribution < -0.4 is 10.6 Å². The van der Waals surface area contributed by atoms with Gasteiger partial charge >= 0.3 is 0 Å². The summed E-state index contributed by atoms with van der Waals surface area (Å²) in [6.07, 6.45) is 2.02. The van der Waals surface area contributed by atoms with E-state index < -0.39 is 0 Å². The van der Waals surface area contributed by atoms with Gasteiger partial charge in [-0.3, -0.25) is 0 Å². The van der Waals surface area contributed by atoms with Crippen LogP contribution in [0.5, 0.6) is 0 Å². The largest absolute Gasteiger partial charge is 0.385 e. The molecule has 15 heavy (non-hydrogen) atoms. The molecule has 2 nitrogen and oxygen atoms in total. The van der Waals surface area contributed by atoms with Gasteiger partial charge in [0, 0.05) is 12.4 Å². The van der Waals surface area contributed by atoms with Crippen molar-refractivity contribution in [1.82, 2.24) is 0 Å². The molecule has 0 amide bonds. The molecule has 1 aliphatic rings. The van der Waals surface area contributed by atoms with Gasteiger partial charge in [0.2, 0.25) is 0 Å². The van der Waals surface area contributed by atoms with Crippen LogP contribution in [-0.2, 0) is 0 Å². The summed E-state index contributed by atoms with van der Waals surface area (Å²) in [5, 5.41) is 2.55. The van der Waals surface area contributed by atoms with Gasteiger partial charge in [-0.05, 0) is 23.1 Å². The average Bonchev–Trinajstić information content (AvgIpc) is 2.26. The van der Waals surface area contributed by atoms with Crippen molar-refractivity contribution in [2.45, 2.75) is 0 Å². The van der Waals surface area contributed by atoms with E-state index in [1.807, 2.05) is 18.0 Å². The number of nitrogens with zero attached hydrogens (tertiary/aromatic N) is 1. The quantitative estimate of drug-likeness (QED) is 0.701. The summed E-state index contributed by atoms with van der Waals surface area (Å²) >= 11 is 0. The highest BCUT2D eigenvalue weighted by Gasteiger charge is 2.15. The minimum Gasteiger partial charge on any atom is -0.385 e. The molecule has 0 saturated carbocycles. The number of hydrogen-bond acceptors (Lipinski definition) is 2. The maximum Gasteiger partial charge on any atom is 0.103 e. The van der Waals surface area contributed by atoms with Crippen molar-refractivity contribution in [2.24, 2.45) is 5.73 Å². The Morgan fingerprint density at radius 1 is 1.07 bits per heavy atom. The van der Waals surface area contributed by atoms with Crippen molar-refractivity contribution >= 4 is 22.5 Å². The molecule has 0 atom stereocenters. The molecule has 0 saturated heterocycles. The Hall–Kier alpha value is -1.96. The molecule has 74 valence electrons. The summed E-state index contributed by atoms with van der Waals surface area (Å²) in [5.74, 6) is 0.793. The molecule has 0 aromatic heterocycles. The van der Waals surface area contributed by atoms with Gasteiger partial charge in [-0.1, -0.05) is 30.3 Å². The van der Waals surface area contributed by atoms with Crippen LogP contribution in [0, 0.1) is 0 Å². The van der Waals surface area contributed by atoms with Crippen LogP contribution in [-0.4, -0.2) is 7.05 Å². The molecular weight excluding hydrogens is 184 g/mol. The van der Waals surface area contributed by atoms with E-state index in [-0.39, 0.29) is 0 Å². The molecule has 0 radical (unpaired) electrons. The Bertz CT molecular complexity index is 565. The summed E-state index contributed by atoms with van der Waals surface area (Å²) in [4.78, 5) is 2.02. The molecule has 0 aliphatic carbocycles. The fourth-order valence-electron chi connectivity index (χ4n) is 2.14. The fraction of sp³-hybridized carbons (Fsp3) is 0.0769. The predicted molar refractivity (Wildman–Crippen MR) is 64.5 cm³/mol. The highest BCUT2D eigenvalue weighted by molar-refractivity contribution is 6.03. The second-order valence-corrected chi connectivity index (χ2v) is 3.85. The third-order valence-corrected chi connectivity index (χ3v) is 2.97. The summed E-state index contributed by atoms with van der Waals surface area (Å²) < 4.78 is 0. The molecule has 0 spiro atoms. The van der Waals surface area contributed by atoms with Crippen LogP contribution in [0.25, 0.3) is 16.8 Å². The number of rotatable bonds is 0. The Labute approximate surface area is 88.6 Å². The van der Waals surface area contributed by atoms with E-state index in [1.165, 1.54) is 22.0 Å². The predicted octanol–water partition coefficient (Wildman–Crippen LogP) is 2.55. The van der Waals surface area contributed by atoms with Gasteiger partial charge in [0.15, 0.2) is 0 Å². The fourth-order valence-corrected chi connectivity index (χ4v) is 2.14. The summed E-state index contributed by atoms with van der Waals surface area (Å²) in [6, 6.07) is 12.6. The minimum absolute atomic E-state index is 0.793. The lowest BCUT2D eigenvalue weighted by atomic mass is 9.99. The van der Waals surface area contributed by atoms with E-state index in [4.69, 9.17) is 5.73 Å². The first kappa shape index (κ1) is 8.36. The Balaban J connectivity index is 2.49. The molecular formula is C13H12N2. The molecule has 1 heterocycles. The van der Waals surface area contributed by atoms with Crippen LogP contribution in [0.4, 0.5) is 5.69 Å². The lowest BCUT2D eigenvalue weighted by molar-refractivity contribution is 1.08. The van der Waals surface area contributed by atoms with Crippen LogP contribution in [0.2, 0.25) is 0 Å². The van der Waals surface area contributed by atoms with Crippen molar-refractivity contribution < 1.29 is 0 Å². The lowest BCUT2D eigenvalue weighted by Gasteiger charge is -2.26. The van der Waals surface area contributed by atoms with Crippen molar-refractivity contribution in [3.63, 3.8) is 0 Å². The van der Waals surface area contributed by atoms with E-state index in [9.17, 15) is 0 Å². The molecule has 2 aromatic carbocycles. The van der Waals surface area contributed by atoms with Crippen molar-refractivity contribution in [3.05, 3.63) is 47.8 Å². The molecule has 2 N–H and O–H groups in total. The van der Waals surface area contributed by atoms with Crippen molar-refractivity contribution in [1.29, 1.82) is 0 Å². The van der Waals surface area contributed by atoms with Crippen molar-refractivity contribution in [2.75, 3.05) is 11.9 Å². The van der Waals surface area contributed by atoms with Gasteiger partial charge in [0.1, 0.15) is 5.82 Å². The van der Waals surface area contributed by atoms with Gasteiger partial charge < -0.3 is 10.6 Å². The average molecular weight is 196 g/mol. The van der Waals surface area contributed by atoms with Gasteiger partial charge in [-0.2, -0.15) is 0 Å². The zero-order valence-corrected chi connectivity index (χ0v) is 8.57. The molecule has 0 fully saturated rings. The second-order valence-electron chi connectivity index (χ2n) is 3.85. The van der Waals surface area contributed by atoms with Crippen LogP contribution in [0.1, 0.15) is 5.56 Å². The SMILES string of the molecule is CN1C(N)=Cc2cccc3cccc1c23. The maximum atomic E-state index is 5.96. The monoisotopic (exact) mass is 196 g/mol. The first-order chi connectivity index (χ1) is 7.27. The number of hydrogen-bond donors (Lipinski definition) is 1. The van der Waals surface area contributed by atoms with Crippen LogP contribution in [0.3, 0.4) is 0 Å². The summed E-state index contributed by atoms with van der Waals surface area (Å²) in [5.41, 5.74) is 8.35. The summed E-state index contributed by atoms with van der Waals surface area (Å²) in [6.45, 7) is 0. The normalized spacial score (nSPS) is 14.2. The first-order valence-electron chi connectivity index (χ1n) is 5.00. The van der Waals surface area contributed by atoms with E-state index in [1.54, 1.807) is 0 Å². The number of anilines is 1. The minimum atomic E-state index is 0.793. The Morgan fingerprint density at radius 3 is 2.60 bits per heavy atom. The van der Waals surface area contributed by atoms with Gasteiger partial charge in [0.05, 0.1) is 5.69 Å². The molecule has 1 aliphatic heterocycles. The highest BCUT2D eigenvalue weighted by Crippen LogP contribution is 2.34. The standard InChI is InChI=1S/C13H12N2/c1-15-11-7-3-5-9-4-2-6-10(13(9)11)8-12(15)14/h2-8H,14H2,1H3. The lowest BCUT2D eigenvalue weighted by Crippen LogP contribution is -2.24. The van der Waals surface area contributed by atoms with Crippen LogP contribution >= 0.6 is 0 Å². The van der Waals surface area contributed by atoms with Crippen LogP contribution in [0.15, 0.2) is 42.2 Å². The topological polar surface area (TPSA) is 29.3 Å². The maximum absolute atomic E-state index is 5.96. The summed E-state index contributed by atoms with van der Waals surface area (Å²) in [7, 11) is 2.00. The Morgan fingerprint density at radius 2 is 1.80 bits per heavy atom. The smallest absolute Gasteiger partial charge is 0.103 e. The molecule has 0 bridgehead atoms. The van der Waals surface area contributed by atoms with Gasteiger partial charge in [0.25, 0.3) is 0 Å². The van der Waals surface area contributed by atoms with E-state index in [0.717, 1.165) is 5.82 Å². The van der Waals surface area contributed by atoms with Crippen molar-refractivity contribution in [3.8, 4) is 0 Å². The highest BCUT2D eigenvalue weighted by atomic mass is 15.2.